The van der Waals surface area contributed by atoms with E-state index in [-0.39, 0.29) is 0 Å². The van der Waals surface area contributed by atoms with Crippen LogP contribution in [0.2, 0.25) is 0 Å². The van der Waals surface area contributed by atoms with Crippen LogP contribution in [0.1, 0.15) is 33.3 Å². The lowest BCUT2D eigenvalue weighted by Gasteiger charge is -2.33. The molecule has 152 valence electrons. The van der Waals surface area contributed by atoms with Crippen LogP contribution in [0.25, 0.3) is 10.4 Å². The van der Waals surface area contributed by atoms with Crippen LogP contribution in [-0.4, -0.2) is 42.4 Å². The van der Waals surface area contributed by atoms with Gasteiger partial charge in [0.25, 0.3) is 0 Å². The van der Waals surface area contributed by atoms with Crippen LogP contribution >= 0.6 is 27.3 Å². The molecule has 0 aliphatic carbocycles. The van der Waals surface area contributed by atoms with Gasteiger partial charge < -0.3 is 9.47 Å². The van der Waals surface area contributed by atoms with E-state index in [1.165, 1.54) is 5.56 Å². The fourth-order valence-corrected chi connectivity index (χ4v) is 4.60. The van der Waals surface area contributed by atoms with E-state index in [9.17, 15) is 4.79 Å². The summed E-state index contributed by atoms with van der Waals surface area (Å²) in [7, 11) is 0. The number of amides is 1. The van der Waals surface area contributed by atoms with Gasteiger partial charge in [0.05, 0.1) is 22.7 Å². The highest BCUT2D eigenvalue weighted by atomic mass is 79.9. The first-order valence-electron chi connectivity index (χ1n) is 9.42. The predicted octanol–water partition coefficient (Wildman–Crippen LogP) is 5.75. The summed E-state index contributed by atoms with van der Waals surface area (Å²) >= 11 is 5.13. The Morgan fingerprint density at radius 3 is 2.71 bits per heavy atom. The molecule has 1 amide bonds. The van der Waals surface area contributed by atoms with E-state index in [2.05, 4.69) is 57.3 Å². The zero-order chi connectivity index (χ0) is 20.3. The van der Waals surface area contributed by atoms with E-state index >= 15 is 0 Å². The number of morpholine rings is 1. The molecule has 7 heteroatoms. The molecule has 0 radical (unpaired) electrons. The quantitative estimate of drug-likeness (QED) is 0.623. The fourth-order valence-electron chi connectivity index (χ4n) is 3.02. The Bertz CT molecular complexity index is 814. The summed E-state index contributed by atoms with van der Waals surface area (Å²) in [5.74, 6) is 0. The first-order chi connectivity index (χ1) is 13.2. The normalized spacial score (nSPS) is 18.1. The van der Waals surface area contributed by atoms with Gasteiger partial charge in [-0.1, -0.05) is 24.3 Å². The van der Waals surface area contributed by atoms with E-state index in [0.29, 0.717) is 6.04 Å². The minimum absolute atomic E-state index is 0.447. The van der Waals surface area contributed by atoms with E-state index in [1.807, 2.05) is 26.8 Å². The summed E-state index contributed by atoms with van der Waals surface area (Å²) in [5, 5.41) is 2.81. The van der Waals surface area contributed by atoms with Crippen LogP contribution in [0.15, 0.2) is 34.1 Å². The predicted molar refractivity (Wildman–Crippen MR) is 118 cm³/mol. The summed E-state index contributed by atoms with van der Waals surface area (Å²) in [6.45, 7) is 11.3. The maximum Gasteiger partial charge on any atom is 0.412 e. The van der Waals surface area contributed by atoms with E-state index < -0.39 is 11.7 Å². The maximum absolute atomic E-state index is 12.0. The standard InChI is InChI=1S/C21H27BrN2O3S/c1-14-13-26-10-9-24(14)12-15-5-7-16(8-6-15)18-11-17(19(22)28-18)23-20(25)27-21(2,3)4/h5-8,11,14H,9-10,12-13H2,1-4H3,(H,23,25)/t14-/m0/s1. The molecular formula is C21H27BrN2O3S. The van der Waals surface area contributed by atoms with Crippen molar-refractivity contribution < 1.29 is 14.3 Å². The van der Waals surface area contributed by atoms with Crippen molar-refractivity contribution in [2.24, 2.45) is 0 Å². The average Bonchev–Trinajstić information content (AvgIpc) is 2.96. The van der Waals surface area contributed by atoms with Gasteiger partial charge in [-0.3, -0.25) is 10.2 Å². The highest BCUT2D eigenvalue weighted by Gasteiger charge is 2.20. The van der Waals surface area contributed by atoms with Gasteiger partial charge in [0.15, 0.2) is 0 Å². The molecule has 1 aliphatic rings. The van der Waals surface area contributed by atoms with E-state index in [4.69, 9.17) is 9.47 Å². The van der Waals surface area contributed by atoms with E-state index in [0.717, 1.165) is 46.2 Å². The third-order valence-electron chi connectivity index (χ3n) is 4.45. The van der Waals surface area contributed by atoms with Gasteiger partial charge >= 0.3 is 6.09 Å². The number of carbonyl (C=O) groups is 1. The van der Waals surface area contributed by atoms with Crippen LogP contribution in [0.5, 0.6) is 0 Å². The number of halogens is 1. The summed E-state index contributed by atoms with van der Waals surface area (Å²) in [5.41, 5.74) is 2.62. The summed E-state index contributed by atoms with van der Waals surface area (Å²) in [4.78, 5) is 15.6. The second kappa shape index (κ2) is 8.95. The molecular weight excluding hydrogens is 440 g/mol. The molecule has 5 nitrogen and oxygen atoms in total. The second-order valence-electron chi connectivity index (χ2n) is 8.02. The van der Waals surface area contributed by atoms with Crippen molar-refractivity contribution in [1.29, 1.82) is 0 Å². The van der Waals surface area contributed by atoms with Crippen LogP contribution in [0.3, 0.4) is 0 Å². The lowest BCUT2D eigenvalue weighted by molar-refractivity contribution is -0.00436. The third-order valence-corrected chi connectivity index (χ3v) is 6.34. The third kappa shape index (κ3) is 5.80. The number of carbonyl (C=O) groups excluding carboxylic acids is 1. The average molecular weight is 467 g/mol. The SMILES string of the molecule is C[C@H]1COCCN1Cc1ccc(-c2cc(NC(=O)OC(C)(C)C)c(Br)s2)cc1. The Morgan fingerprint density at radius 2 is 2.07 bits per heavy atom. The Hall–Kier alpha value is -1.41. The monoisotopic (exact) mass is 466 g/mol. The lowest BCUT2D eigenvalue weighted by Crippen LogP contribution is -2.42. The van der Waals surface area contributed by atoms with Crippen LogP contribution < -0.4 is 5.32 Å². The number of rotatable bonds is 4. The molecule has 28 heavy (non-hydrogen) atoms. The summed E-state index contributed by atoms with van der Waals surface area (Å²) < 4.78 is 11.7. The number of hydrogen-bond donors (Lipinski definition) is 1. The highest BCUT2D eigenvalue weighted by molar-refractivity contribution is 9.11. The van der Waals surface area contributed by atoms with Crippen molar-refractivity contribution in [3.8, 4) is 10.4 Å². The molecule has 2 heterocycles. The molecule has 1 aromatic heterocycles. The van der Waals surface area contributed by atoms with E-state index in [1.54, 1.807) is 11.3 Å². The molecule has 1 fully saturated rings. The number of hydrogen-bond acceptors (Lipinski definition) is 5. The molecule has 1 saturated heterocycles. The van der Waals surface area contributed by atoms with Gasteiger partial charge in [-0.05, 0) is 60.8 Å². The molecule has 3 rings (SSSR count). The molecule has 0 saturated carbocycles. The molecule has 1 atom stereocenters. The van der Waals surface area contributed by atoms with Crippen molar-refractivity contribution in [2.45, 2.75) is 45.9 Å². The minimum Gasteiger partial charge on any atom is -0.444 e. The molecule has 2 aromatic rings. The largest absolute Gasteiger partial charge is 0.444 e. The minimum atomic E-state index is -0.525. The number of nitrogens with zero attached hydrogens (tertiary/aromatic N) is 1. The molecule has 0 unspecified atom stereocenters. The summed E-state index contributed by atoms with van der Waals surface area (Å²) in [6.07, 6.45) is -0.451. The Morgan fingerprint density at radius 1 is 1.36 bits per heavy atom. The van der Waals surface area contributed by atoms with Crippen LogP contribution in [-0.2, 0) is 16.0 Å². The van der Waals surface area contributed by atoms with Gasteiger partial charge in [0, 0.05) is 24.0 Å². The molecule has 0 spiro atoms. The zero-order valence-corrected chi connectivity index (χ0v) is 19.2. The fraction of sp³-hybridized carbons (Fsp3) is 0.476. The zero-order valence-electron chi connectivity index (χ0n) is 16.8. The topological polar surface area (TPSA) is 50.8 Å². The van der Waals surface area contributed by atoms with Gasteiger partial charge in [0.1, 0.15) is 5.60 Å². The number of nitrogens with one attached hydrogen (secondary N) is 1. The summed E-state index contributed by atoms with van der Waals surface area (Å²) in [6, 6.07) is 11.0. The van der Waals surface area contributed by atoms with Crippen LogP contribution in [0, 0.1) is 0 Å². The number of benzene rings is 1. The molecule has 1 N–H and O–H groups in total. The van der Waals surface area contributed by atoms with Gasteiger partial charge in [-0.2, -0.15) is 0 Å². The van der Waals surface area contributed by atoms with Crippen molar-refractivity contribution in [2.75, 3.05) is 25.1 Å². The highest BCUT2D eigenvalue weighted by Crippen LogP contribution is 2.38. The molecule has 1 aliphatic heterocycles. The first kappa shape index (κ1) is 21.3. The van der Waals surface area contributed by atoms with Gasteiger partial charge in [0.2, 0.25) is 0 Å². The van der Waals surface area contributed by atoms with Gasteiger partial charge in [-0.25, -0.2) is 4.79 Å². The first-order valence-corrected chi connectivity index (χ1v) is 11.0. The van der Waals surface area contributed by atoms with Crippen LogP contribution in [0.4, 0.5) is 10.5 Å². The Labute approximate surface area is 179 Å². The second-order valence-corrected chi connectivity index (χ2v) is 10.4. The van der Waals surface area contributed by atoms with Gasteiger partial charge in [-0.15, -0.1) is 11.3 Å². The lowest BCUT2D eigenvalue weighted by atomic mass is 10.1. The van der Waals surface area contributed by atoms with Crippen molar-refractivity contribution in [1.82, 2.24) is 4.90 Å². The van der Waals surface area contributed by atoms with Crippen molar-refractivity contribution in [3.63, 3.8) is 0 Å². The number of anilines is 1. The maximum atomic E-state index is 12.0. The Balaban J connectivity index is 1.66. The number of thiophene rings is 1. The Kier molecular flexibility index (Phi) is 6.81. The van der Waals surface area contributed by atoms with Crippen molar-refractivity contribution >= 4 is 39.0 Å². The number of ether oxygens (including phenoxy) is 2. The smallest absolute Gasteiger partial charge is 0.412 e. The molecule has 0 bridgehead atoms. The molecule has 1 aromatic carbocycles. The van der Waals surface area contributed by atoms with Crippen molar-refractivity contribution in [3.05, 3.63) is 39.7 Å².